The molecule has 0 aliphatic heterocycles. The minimum Gasteiger partial charge on any atom is -0.310 e. The molecule has 10 rings (SSSR count). The van der Waals surface area contributed by atoms with Crippen LogP contribution in [0.3, 0.4) is 0 Å². The van der Waals surface area contributed by atoms with Crippen molar-refractivity contribution in [3.05, 3.63) is 181 Å². The van der Waals surface area contributed by atoms with Gasteiger partial charge in [-0.15, -0.1) is 0 Å². The van der Waals surface area contributed by atoms with Gasteiger partial charge in [0, 0.05) is 33.2 Å². The first-order chi connectivity index (χ1) is 24.7. The number of nitrogens with zero attached hydrogens (tertiary/aromatic N) is 3. The van der Waals surface area contributed by atoms with E-state index in [0.717, 1.165) is 17.1 Å². The van der Waals surface area contributed by atoms with E-state index in [1.807, 2.05) is 24.3 Å². The Bertz CT molecular complexity index is 2920. The summed E-state index contributed by atoms with van der Waals surface area (Å²) in [6.07, 6.45) is 0. The highest BCUT2D eigenvalue weighted by Crippen LogP contribution is 2.44. The summed E-state index contributed by atoms with van der Waals surface area (Å²) in [4.78, 5) is 2.29. The number of aromatic nitrogens is 1. The van der Waals surface area contributed by atoms with E-state index in [-0.39, 0.29) is 0 Å². The summed E-state index contributed by atoms with van der Waals surface area (Å²) in [5, 5.41) is 19.3. The number of hydrogen-bond acceptors (Lipinski definition) is 2. The third kappa shape index (κ3) is 4.29. The van der Waals surface area contributed by atoms with E-state index in [4.69, 9.17) is 0 Å². The predicted octanol–water partition coefficient (Wildman–Crippen LogP) is 12.7. The fourth-order valence-electron chi connectivity index (χ4n) is 7.85. The van der Waals surface area contributed by atoms with Gasteiger partial charge in [-0.2, -0.15) is 5.26 Å². The summed E-state index contributed by atoms with van der Waals surface area (Å²) in [7, 11) is 0. The van der Waals surface area contributed by atoms with Crippen molar-refractivity contribution in [2.24, 2.45) is 0 Å². The summed E-state index contributed by atoms with van der Waals surface area (Å²) >= 11 is 0. The van der Waals surface area contributed by atoms with Crippen molar-refractivity contribution in [1.29, 1.82) is 5.26 Å². The summed E-state index contributed by atoms with van der Waals surface area (Å²) in [5.41, 5.74) is 9.87. The minimum atomic E-state index is 0.644. The van der Waals surface area contributed by atoms with Crippen LogP contribution in [0.25, 0.3) is 70.9 Å². The van der Waals surface area contributed by atoms with Gasteiger partial charge in [0.05, 0.1) is 28.4 Å². The molecule has 0 unspecified atom stereocenters. The Morgan fingerprint density at radius 1 is 0.460 bits per heavy atom. The summed E-state index contributed by atoms with van der Waals surface area (Å²) in [5.74, 6) is 0. The average molecular weight is 636 g/mol. The van der Waals surface area contributed by atoms with Gasteiger partial charge in [-0.05, 0) is 111 Å². The van der Waals surface area contributed by atoms with Gasteiger partial charge in [-0.1, -0.05) is 103 Å². The molecule has 0 aliphatic rings. The smallest absolute Gasteiger partial charge is 0.0991 e. The van der Waals surface area contributed by atoms with E-state index in [1.165, 1.54) is 70.9 Å². The van der Waals surface area contributed by atoms with E-state index in [1.54, 1.807) is 0 Å². The number of anilines is 3. The van der Waals surface area contributed by atoms with Crippen molar-refractivity contribution in [3.8, 4) is 22.9 Å². The van der Waals surface area contributed by atoms with E-state index >= 15 is 0 Å². The molecule has 0 amide bonds. The first-order valence-corrected chi connectivity index (χ1v) is 16.9. The summed E-state index contributed by atoms with van der Waals surface area (Å²) in [6, 6.07) is 65.0. The van der Waals surface area contributed by atoms with Crippen molar-refractivity contribution in [3.63, 3.8) is 0 Å². The maximum absolute atomic E-state index is 9.48. The molecule has 0 fully saturated rings. The molecule has 9 aromatic carbocycles. The Hall–Kier alpha value is -6.89. The molecule has 0 aliphatic carbocycles. The lowest BCUT2D eigenvalue weighted by molar-refractivity contribution is 1.18. The molecular weight excluding hydrogens is 607 g/mol. The molecular formula is C47H29N3. The molecule has 0 N–H and O–H groups in total. The number of para-hydroxylation sites is 1. The Morgan fingerprint density at radius 3 is 2.04 bits per heavy atom. The van der Waals surface area contributed by atoms with Crippen LogP contribution < -0.4 is 4.90 Å². The number of fused-ring (bicyclic) bond motifs is 2. The third-order valence-electron chi connectivity index (χ3n) is 10.1. The zero-order chi connectivity index (χ0) is 33.2. The lowest BCUT2D eigenvalue weighted by atomic mass is 9.93. The van der Waals surface area contributed by atoms with Crippen LogP contribution in [0.4, 0.5) is 17.1 Å². The summed E-state index contributed by atoms with van der Waals surface area (Å²) < 4.78 is 2.39. The van der Waals surface area contributed by atoms with Gasteiger partial charge in [-0.3, -0.25) is 0 Å². The third-order valence-corrected chi connectivity index (χ3v) is 10.1. The zero-order valence-corrected chi connectivity index (χ0v) is 27.1. The molecule has 0 spiro atoms. The molecule has 10 aromatic rings. The fraction of sp³-hybridized carbons (Fsp3) is 0. The van der Waals surface area contributed by atoms with Gasteiger partial charge >= 0.3 is 0 Å². The van der Waals surface area contributed by atoms with Crippen LogP contribution in [0.2, 0.25) is 0 Å². The van der Waals surface area contributed by atoms with Crippen LogP contribution in [0.15, 0.2) is 176 Å². The second-order valence-electron chi connectivity index (χ2n) is 12.9. The number of hydrogen-bond donors (Lipinski definition) is 0. The topological polar surface area (TPSA) is 32.0 Å². The average Bonchev–Trinajstić information content (AvgIpc) is 3.53. The van der Waals surface area contributed by atoms with Gasteiger partial charge in [0.25, 0.3) is 0 Å². The van der Waals surface area contributed by atoms with Crippen LogP contribution in [0.1, 0.15) is 5.56 Å². The molecule has 0 bridgehead atoms. The van der Waals surface area contributed by atoms with Crippen LogP contribution in [0.5, 0.6) is 0 Å². The highest BCUT2D eigenvalue weighted by atomic mass is 15.1. The molecule has 0 atom stereocenters. The van der Waals surface area contributed by atoms with Gasteiger partial charge in [0.2, 0.25) is 0 Å². The highest BCUT2D eigenvalue weighted by Gasteiger charge is 2.20. The minimum absolute atomic E-state index is 0.644. The van der Waals surface area contributed by atoms with Crippen LogP contribution in [-0.4, -0.2) is 4.57 Å². The van der Waals surface area contributed by atoms with E-state index in [9.17, 15) is 5.26 Å². The lowest BCUT2D eigenvalue weighted by Crippen LogP contribution is -2.10. The number of nitriles is 1. The summed E-state index contributed by atoms with van der Waals surface area (Å²) in [6.45, 7) is 0. The lowest BCUT2D eigenvalue weighted by Gasteiger charge is -2.27. The monoisotopic (exact) mass is 635 g/mol. The molecule has 3 nitrogen and oxygen atoms in total. The van der Waals surface area contributed by atoms with E-state index < -0.39 is 0 Å². The molecule has 1 aromatic heterocycles. The zero-order valence-electron chi connectivity index (χ0n) is 27.1. The first kappa shape index (κ1) is 28.2. The number of rotatable bonds is 5. The van der Waals surface area contributed by atoms with Crippen molar-refractivity contribution < 1.29 is 0 Å². The quantitative estimate of drug-likeness (QED) is 0.176. The molecule has 232 valence electrons. The maximum atomic E-state index is 9.48. The molecule has 50 heavy (non-hydrogen) atoms. The van der Waals surface area contributed by atoms with E-state index in [2.05, 4.69) is 167 Å². The largest absolute Gasteiger partial charge is 0.310 e. The van der Waals surface area contributed by atoms with Crippen molar-refractivity contribution >= 4 is 71.2 Å². The van der Waals surface area contributed by atoms with Gasteiger partial charge in [0.1, 0.15) is 0 Å². The SMILES string of the molecule is N#Cc1ccc(N(c2ccc3cc(-c4ccc5c6c4ccc4cccc(c46)n5-c4ccccc4)ccc3c2)c2cccc3ccccc23)cc1. The van der Waals surface area contributed by atoms with Crippen molar-refractivity contribution in [1.82, 2.24) is 4.57 Å². The Balaban J connectivity index is 1.12. The number of benzene rings is 9. The maximum Gasteiger partial charge on any atom is 0.0991 e. The van der Waals surface area contributed by atoms with Crippen LogP contribution in [0, 0.1) is 11.3 Å². The van der Waals surface area contributed by atoms with Crippen molar-refractivity contribution in [2.75, 3.05) is 4.90 Å². The molecule has 0 saturated heterocycles. The molecule has 1 heterocycles. The van der Waals surface area contributed by atoms with Crippen LogP contribution in [-0.2, 0) is 0 Å². The van der Waals surface area contributed by atoms with Crippen molar-refractivity contribution in [2.45, 2.75) is 0 Å². The second kappa shape index (κ2) is 11.1. The molecule has 0 saturated carbocycles. The fourth-order valence-corrected chi connectivity index (χ4v) is 7.85. The highest BCUT2D eigenvalue weighted by molar-refractivity contribution is 6.26. The first-order valence-electron chi connectivity index (χ1n) is 16.9. The standard InChI is InChI=1S/C47H29N3/c48-30-31-16-22-38(23-17-31)49(43-14-6-9-32-8-4-5-13-41(32)43)39-24-20-34-28-36(19-18-35(34)29-39)40-26-27-45-47-42(40)25-21-33-10-7-15-44(46(33)47)50(45)37-11-2-1-3-12-37/h1-29H. The van der Waals surface area contributed by atoms with Gasteiger partial charge < -0.3 is 9.47 Å². The van der Waals surface area contributed by atoms with Gasteiger partial charge in [0.15, 0.2) is 0 Å². The molecule has 3 heteroatoms. The normalized spacial score (nSPS) is 11.6. The van der Waals surface area contributed by atoms with Gasteiger partial charge in [-0.25, -0.2) is 0 Å². The molecule has 0 radical (unpaired) electrons. The Labute approximate surface area is 289 Å². The predicted molar refractivity (Wildman–Crippen MR) is 209 cm³/mol. The Morgan fingerprint density at radius 2 is 1.16 bits per heavy atom. The second-order valence-corrected chi connectivity index (χ2v) is 12.9. The van der Waals surface area contributed by atoms with Crippen LogP contribution >= 0.6 is 0 Å². The van der Waals surface area contributed by atoms with E-state index in [0.29, 0.717) is 5.56 Å². The Kier molecular flexibility index (Phi) is 6.24.